The van der Waals surface area contributed by atoms with Crippen molar-refractivity contribution in [2.24, 2.45) is 0 Å². The summed E-state index contributed by atoms with van der Waals surface area (Å²) in [5.41, 5.74) is 2.31. The number of furan rings is 1. The van der Waals surface area contributed by atoms with Gasteiger partial charge in [-0.15, -0.1) is 0 Å². The van der Waals surface area contributed by atoms with Gasteiger partial charge in [0.05, 0.1) is 6.54 Å². The number of nitrogens with one attached hydrogen (secondary N) is 1. The SMILES string of the molecule is Cc1c(Br)cccc1NCc1ccc(Br)o1. The van der Waals surface area contributed by atoms with Gasteiger partial charge in [-0.3, -0.25) is 0 Å². The molecule has 0 aliphatic carbocycles. The van der Waals surface area contributed by atoms with E-state index in [1.807, 2.05) is 24.3 Å². The third-order valence-electron chi connectivity index (χ3n) is 2.35. The first-order chi connectivity index (χ1) is 7.66. The number of halogens is 2. The summed E-state index contributed by atoms with van der Waals surface area (Å²) in [5.74, 6) is 0.909. The van der Waals surface area contributed by atoms with Crippen molar-refractivity contribution in [2.45, 2.75) is 13.5 Å². The fourth-order valence-corrected chi connectivity index (χ4v) is 2.13. The van der Waals surface area contributed by atoms with Gasteiger partial charge in [0.15, 0.2) is 4.67 Å². The second-order valence-electron chi connectivity index (χ2n) is 3.47. The lowest BCUT2D eigenvalue weighted by atomic mass is 10.2. The van der Waals surface area contributed by atoms with E-state index in [0.29, 0.717) is 6.54 Å². The summed E-state index contributed by atoms with van der Waals surface area (Å²) < 4.78 is 7.29. The Morgan fingerprint density at radius 3 is 2.69 bits per heavy atom. The van der Waals surface area contributed by atoms with Gasteiger partial charge in [0.1, 0.15) is 5.76 Å². The van der Waals surface area contributed by atoms with E-state index in [0.717, 1.165) is 20.6 Å². The predicted molar refractivity (Wildman–Crippen MR) is 72.6 cm³/mol. The van der Waals surface area contributed by atoms with Crippen LogP contribution in [0.4, 0.5) is 5.69 Å². The fourth-order valence-electron chi connectivity index (χ4n) is 1.43. The van der Waals surface area contributed by atoms with Crippen LogP contribution in [0.3, 0.4) is 0 Å². The molecule has 16 heavy (non-hydrogen) atoms. The monoisotopic (exact) mass is 343 g/mol. The van der Waals surface area contributed by atoms with E-state index < -0.39 is 0 Å². The standard InChI is InChI=1S/C12H11Br2NO/c1-8-10(13)3-2-4-11(8)15-7-9-5-6-12(14)16-9/h2-6,15H,7H2,1H3. The lowest BCUT2D eigenvalue weighted by Crippen LogP contribution is -2.00. The van der Waals surface area contributed by atoms with Gasteiger partial charge in [-0.2, -0.15) is 0 Å². The van der Waals surface area contributed by atoms with E-state index in [-0.39, 0.29) is 0 Å². The van der Waals surface area contributed by atoms with Crippen LogP contribution >= 0.6 is 31.9 Å². The van der Waals surface area contributed by atoms with E-state index >= 15 is 0 Å². The van der Waals surface area contributed by atoms with Crippen molar-refractivity contribution in [1.82, 2.24) is 0 Å². The molecule has 0 spiro atoms. The van der Waals surface area contributed by atoms with Crippen LogP contribution < -0.4 is 5.32 Å². The lowest BCUT2D eigenvalue weighted by Gasteiger charge is -2.09. The minimum absolute atomic E-state index is 0.683. The molecule has 0 unspecified atom stereocenters. The molecule has 0 fully saturated rings. The normalized spacial score (nSPS) is 10.4. The second kappa shape index (κ2) is 5.06. The topological polar surface area (TPSA) is 25.2 Å². The molecule has 0 saturated heterocycles. The van der Waals surface area contributed by atoms with Gasteiger partial charge in [-0.1, -0.05) is 22.0 Å². The molecule has 4 heteroatoms. The van der Waals surface area contributed by atoms with Crippen molar-refractivity contribution in [3.05, 3.63) is 50.8 Å². The van der Waals surface area contributed by atoms with Gasteiger partial charge in [0.25, 0.3) is 0 Å². The summed E-state index contributed by atoms with van der Waals surface area (Å²) in [6, 6.07) is 9.94. The molecule has 1 N–H and O–H groups in total. The highest BCUT2D eigenvalue weighted by Gasteiger charge is 2.03. The van der Waals surface area contributed by atoms with E-state index in [2.05, 4.69) is 50.2 Å². The number of anilines is 1. The van der Waals surface area contributed by atoms with Crippen LogP contribution in [0, 0.1) is 6.92 Å². The minimum atomic E-state index is 0.683. The van der Waals surface area contributed by atoms with Crippen molar-refractivity contribution in [2.75, 3.05) is 5.32 Å². The molecule has 1 aromatic carbocycles. The summed E-state index contributed by atoms with van der Waals surface area (Å²) in [7, 11) is 0. The van der Waals surface area contributed by atoms with Crippen LogP contribution in [0.5, 0.6) is 0 Å². The van der Waals surface area contributed by atoms with E-state index in [4.69, 9.17) is 4.42 Å². The van der Waals surface area contributed by atoms with Gasteiger partial charge in [-0.05, 0) is 52.7 Å². The first kappa shape index (κ1) is 11.7. The van der Waals surface area contributed by atoms with Crippen molar-refractivity contribution in [3.63, 3.8) is 0 Å². The fraction of sp³-hybridized carbons (Fsp3) is 0.167. The van der Waals surface area contributed by atoms with Crippen LogP contribution in [-0.4, -0.2) is 0 Å². The molecule has 0 atom stereocenters. The molecular formula is C12H11Br2NO. The highest BCUT2D eigenvalue weighted by molar-refractivity contribution is 9.10. The van der Waals surface area contributed by atoms with Crippen LogP contribution in [0.2, 0.25) is 0 Å². The Hall–Kier alpha value is -0.740. The van der Waals surface area contributed by atoms with E-state index in [9.17, 15) is 0 Å². The Morgan fingerprint density at radius 2 is 2.00 bits per heavy atom. The average Bonchev–Trinajstić information content (AvgIpc) is 2.67. The van der Waals surface area contributed by atoms with E-state index in [1.54, 1.807) is 0 Å². The maximum Gasteiger partial charge on any atom is 0.169 e. The smallest absolute Gasteiger partial charge is 0.169 e. The zero-order valence-corrected chi connectivity index (χ0v) is 11.9. The van der Waals surface area contributed by atoms with Crippen molar-refractivity contribution >= 4 is 37.5 Å². The summed E-state index contributed by atoms with van der Waals surface area (Å²) in [5, 5.41) is 3.34. The van der Waals surface area contributed by atoms with Crippen LogP contribution in [0.1, 0.15) is 11.3 Å². The number of rotatable bonds is 3. The Morgan fingerprint density at radius 1 is 1.19 bits per heavy atom. The maximum absolute atomic E-state index is 5.42. The lowest BCUT2D eigenvalue weighted by molar-refractivity contribution is 0.495. The predicted octanol–water partition coefficient (Wildman–Crippen LogP) is 4.73. The number of benzene rings is 1. The summed E-state index contributed by atoms with van der Waals surface area (Å²) in [4.78, 5) is 0. The molecule has 0 radical (unpaired) electrons. The van der Waals surface area contributed by atoms with Crippen molar-refractivity contribution < 1.29 is 4.42 Å². The Labute approximate surface area is 111 Å². The number of hydrogen-bond donors (Lipinski definition) is 1. The zero-order chi connectivity index (χ0) is 11.5. The second-order valence-corrected chi connectivity index (χ2v) is 5.11. The summed E-state index contributed by atoms with van der Waals surface area (Å²) in [6.07, 6.45) is 0. The molecule has 0 bridgehead atoms. The van der Waals surface area contributed by atoms with Gasteiger partial charge < -0.3 is 9.73 Å². The third-order valence-corrected chi connectivity index (χ3v) is 3.63. The summed E-state index contributed by atoms with van der Waals surface area (Å²) >= 11 is 6.79. The molecule has 0 aliphatic heterocycles. The largest absolute Gasteiger partial charge is 0.452 e. The van der Waals surface area contributed by atoms with Crippen LogP contribution in [-0.2, 0) is 6.54 Å². The Balaban J connectivity index is 2.07. The molecule has 0 saturated carbocycles. The minimum Gasteiger partial charge on any atom is -0.452 e. The Bertz CT molecular complexity index is 494. The van der Waals surface area contributed by atoms with Gasteiger partial charge in [0, 0.05) is 10.2 Å². The first-order valence-electron chi connectivity index (χ1n) is 4.90. The first-order valence-corrected chi connectivity index (χ1v) is 6.48. The van der Waals surface area contributed by atoms with Crippen molar-refractivity contribution in [1.29, 1.82) is 0 Å². The van der Waals surface area contributed by atoms with Crippen LogP contribution in [0.25, 0.3) is 0 Å². The average molecular weight is 345 g/mol. The molecular weight excluding hydrogens is 334 g/mol. The quantitative estimate of drug-likeness (QED) is 0.871. The van der Waals surface area contributed by atoms with E-state index in [1.165, 1.54) is 5.56 Å². The molecule has 1 heterocycles. The summed E-state index contributed by atoms with van der Waals surface area (Å²) in [6.45, 7) is 2.76. The molecule has 1 aromatic heterocycles. The highest BCUT2D eigenvalue weighted by atomic mass is 79.9. The molecule has 2 nitrogen and oxygen atoms in total. The Kier molecular flexibility index (Phi) is 3.71. The van der Waals surface area contributed by atoms with Gasteiger partial charge in [-0.25, -0.2) is 0 Å². The van der Waals surface area contributed by atoms with Gasteiger partial charge in [0.2, 0.25) is 0 Å². The molecule has 2 rings (SSSR count). The maximum atomic E-state index is 5.42. The molecule has 2 aromatic rings. The molecule has 0 amide bonds. The molecule has 0 aliphatic rings. The zero-order valence-electron chi connectivity index (χ0n) is 8.76. The number of hydrogen-bond acceptors (Lipinski definition) is 2. The third kappa shape index (κ3) is 2.68. The highest BCUT2D eigenvalue weighted by Crippen LogP contribution is 2.24. The van der Waals surface area contributed by atoms with Crippen LogP contribution in [0.15, 0.2) is 43.9 Å². The molecule has 84 valence electrons. The van der Waals surface area contributed by atoms with Gasteiger partial charge >= 0.3 is 0 Å². The van der Waals surface area contributed by atoms with Crippen molar-refractivity contribution in [3.8, 4) is 0 Å².